The van der Waals surface area contributed by atoms with Gasteiger partial charge in [0, 0.05) is 5.56 Å². The third kappa shape index (κ3) is 5.40. The number of halogens is 3. The molecule has 0 nitrogen and oxygen atoms in total. The molecule has 0 amide bonds. The molecule has 0 radical (unpaired) electrons. The molecule has 1 aliphatic rings. The average molecular weight is 465 g/mol. The summed E-state index contributed by atoms with van der Waals surface area (Å²) in [6, 6.07) is 12.6. The lowest BCUT2D eigenvalue weighted by molar-refractivity contribution is 0.254. The maximum atomic E-state index is 14.9. The molecule has 1 saturated carbocycles. The van der Waals surface area contributed by atoms with Crippen LogP contribution in [0, 0.1) is 29.3 Å². The fourth-order valence-electron chi connectivity index (χ4n) is 5.44. The third-order valence-corrected chi connectivity index (χ3v) is 7.63. The van der Waals surface area contributed by atoms with E-state index in [0.717, 1.165) is 18.3 Å². The molecule has 1 fully saturated rings. The van der Waals surface area contributed by atoms with Crippen LogP contribution in [0.25, 0.3) is 21.9 Å². The highest BCUT2D eigenvalue weighted by Gasteiger charge is 2.21. The van der Waals surface area contributed by atoms with Crippen LogP contribution >= 0.6 is 0 Å². The molecule has 0 saturated heterocycles. The summed E-state index contributed by atoms with van der Waals surface area (Å²) in [6.07, 6.45) is 14.9. The lowest BCUT2D eigenvalue weighted by Gasteiger charge is -2.28. The van der Waals surface area contributed by atoms with Gasteiger partial charge in [-0.05, 0) is 79.0 Å². The molecule has 3 aromatic rings. The summed E-state index contributed by atoms with van der Waals surface area (Å²) < 4.78 is 44.3. The second-order valence-electron chi connectivity index (χ2n) is 9.81. The predicted octanol–water partition coefficient (Wildman–Crippen LogP) is 9.58. The minimum absolute atomic E-state index is 0.177. The molecule has 0 unspecified atom stereocenters. The van der Waals surface area contributed by atoms with Crippen LogP contribution in [0.2, 0.25) is 0 Å². The number of rotatable bonds is 8. The second-order valence-corrected chi connectivity index (χ2v) is 9.81. The van der Waals surface area contributed by atoms with Gasteiger partial charge in [0.25, 0.3) is 0 Å². The van der Waals surface area contributed by atoms with E-state index < -0.39 is 17.5 Å². The summed E-state index contributed by atoms with van der Waals surface area (Å²) in [4.78, 5) is 0. The van der Waals surface area contributed by atoms with E-state index in [4.69, 9.17) is 0 Å². The van der Waals surface area contributed by atoms with Gasteiger partial charge in [0.1, 0.15) is 5.82 Å². The maximum absolute atomic E-state index is 14.9. The molecule has 180 valence electrons. The smallest absolute Gasteiger partial charge is 0.170 e. The van der Waals surface area contributed by atoms with Crippen molar-refractivity contribution in [2.24, 2.45) is 11.8 Å². The summed E-state index contributed by atoms with van der Waals surface area (Å²) in [7, 11) is 0. The van der Waals surface area contributed by atoms with E-state index >= 15 is 0 Å². The number of aryl methyl sites for hydroxylation is 2. The van der Waals surface area contributed by atoms with Gasteiger partial charge in [0.2, 0.25) is 0 Å². The molecule has 0 bridgehead atoms. The van der Waals surface area contributed by atoms with E-state index in [2.05, 4.69) is 19.1 Å². The SMILES string of the molecule is C/C=C/CCC1CCC(CCc2ccc(-c3cc4ccc(CC)c(F)c4c(F)c3F)cc2)CC1. The van der Waals surface area contributed by atoms with Crippen molar-refractivity contribution in [3.63, 3.8) is 0 Å². The van der Waals surface area contributed by atoms with Gasteiger partial charge in [0.05, 0.1) is 5.39 Å². The lowest BCUT2D eigenvalue weighted by Crippen LogP contribution is -2.15. The van der Waals surface area contributed by atoms with Crippen LogP contribution in [0.1, 0.15) is 69.9 Å². The van der Waals surface area contributed by atoms with Gasteiger partial charge in [-0.15, -0.1) is 0 Å². The molecular weight excluding hydrogens is 429 g/mol. The Morgan fingerprint density at radius 3 is 2.15 bits per heavy atom. The normalized spacial score (nSPS) is 18.7. The molecule has 3 aromatic carbocycles. The summed E-state index contributed by atoms with van der Waals surface area (Å²) in [5, 5.41) is 0.128. The van der Waals surface area contributed by atoms with Gasteiger partial charge in [0.15, 0.2) is 11.6 Å². The van der Waals surface area contributed by atoms with Gasteiger partial charge >= 0.3 is 0 Å². The van der Waals surface area contributed by atoms with Crippen LogP contribution < -0.4 is 0 Å². The van der Waals surface area contributed by atoms with Crippen molar-refractivity contribution in [3.8, 4) is 11.1 Å². The Hall–Kier alpha value is -2.55. The zero-order chi connectivity index (χ0) is 24.1. The van der Waals surface area contributed by atoms with E-state index in [9.17, 15) is 13.2 Å². The summed E-state index contributed by atoms with van der Waals surface area (Å²) >= 11 is 0. The molecule has 0 N–H and O–H groups in total. The molecule has 3 heteroatoms. The van der Waals surface area contributed by atoms with E-state index in [1.54, 1.807) is 25.1 Å². The summed E-state index contributed by atoms with van der Waals surface area (Å²) in [6.45, 7) is 3.88. The van der Waals surface area contributed by atoms with Crippen molar-refractivity contribution in [2.45, 2.75) is 71.6 Å². The Labute approximate surface area is 201 Å². The molecule has 34 heavy (non-hydrogen) atoms. The van der Waals surface area contributed by atoms with Gasteiger partial charge in [-0.25, -0.2) is 13.2 Å². The number of allylic oxidation sites excluding steroid dienone is 2. The van der Waals surface area contributed by atoms with E-state index in [1.807, 2.05) is 24.3 Å². The van der Waals surface area contributed by atoms with Crippen LogP contribution in [0.5, 0.6) is 0 Å². The van der Waals surface area contributed by atoms with Crippen LogP contribution in [-0.4, -0.2) is 0 Å². The van der Waals surface area contributed by atoms with Crippen molar-refractivity contribution < 1.29 is 13.2 Å². The third-order valence-electron chi connectivity index (χ3n) is 7.63. The van der Waals surface area contributed by atoms with E-state index in [-0.39, 0.29) is 10.9 Å². The van der Waals surface area contributed by atoms with Gasteiger partial charge in [-0.1, -0.05) is 81.2 Å². The van der Waals surface area contributed by atoms with Crippen molar-refractivity contribution in [2.75, 3.05) is 0 Å². The van der Waals surface area contributed by atoms with Crippen molar-refractivity contribution in [1.29, 1.82) is 0 Å². The lowest BCUT2D eigenvalue weighted by atomic mass is 9.78. The zero-order valence-electron chi connectivity index (χ0n) is 20.3. The first-order chi connectivity index (χ1) is 16.5. The molecule has 0 heterocycles. The topological polar surface area (TPSA) is 0 Å². The van der Waals surface area contributed by atoms with Gasteiger partial charge in [-0.2, -0.15) is 0 Å². The fraction of sp³-hybridized carbons (Fsp3) is 0.419. The monoisotopic (exact) mass is 464 g/mol. The Kier molecular flexibility index (Phi) is 8.13. The molecular formula is C31H35F3. The fourth-order valence-corrected chi connectivity index (χ4v) is 5.44. The maximum Gasteiger partial charge on any atom is 0.170 e. The first kappa shape index (κ1) is 24.6. The van der Waals surface area contributed by atoms with Gasteiger partial charge < -0.3 is 0 Å². The Bertz CT molecular complexity index is 1140. The number of hydrogen-bond donors (Lipinski definition) is 0. The van der Waals surface area contributed by atoms with E-state index in [0.29, 0.717) is 22.9 Å². The van der Waals surface area contributed by atoms with E-state index in [1.165, 1.54) is 50.5 Å². The first-order valence-electron chi connectivity index (χ1n) is 12.8. The van der Waals surface area contributed by atoms with Crippen LogP contribution in [-0.2, 0) is 12.8 Å². The Morgan fingerprint density at radius 2 is 1.50 bits per heavy atom. The number of hydrogen-bond acceptors (Lipinski definition) is 0. The average Bonchev–Trinajstić information content (AvgIpc) is 2.86. The van der Waals surface area contributed by atoms with Crippen molar-refractivity contribution >= 4 is 10.8 Å². The number of fused-ring (bicyclic) bond motifs is 1. The minimum Gasteiger partial charge on any atom is -0.206 e. The number of benzene rings is 3. The standard InChI is InChI=1S/C31H35F3/c1-3-5-6-7-21-8-10-22(11-9-21)12-13-23-14-16-25(17-15-23)27-20-26-19-18-24(4-2)29(32)28(26)31(34)30(27)33/h3,5,14-22H,4,6-13H2,1-2H3/b5-3+. The molecule has 0 aromatic heterocycles. The first-order valence-corrected chi connectivity index (χ1v) is 12.8. The largest absolute Gasteiger partial charge is 0.206 e. The van der Waals surface area contributed by atoms with Crippen molar-refractivity contribution in [3.05, 3.63) is 83.2 Å². The quantitative estimate of drug-likeness (QED) is 0.291. The Morgan fingerprint density at radius 1 is 0.824 bits per heavy atom. The van der Waals surface area contributed by atoms with Crippen LogP contribution in [0.3, 0.4) is 0 Å². The molecule has 0 aliphatic heterocycles. The summed E-state index contributed by atoms with van der Waals surface area (Å²) in [5.74, 6) is -1.09. The minimum atomic E-state index is -1.11. The van der Waals surface area contributed by atoms with Crippen LogP contribution in [0.15, 0.2) is 54.6 Å². The molecule has 0 atom stereocenters. The highest BCUT2D eigenvalue weighted by atomic mass is 19.2. The molecule has 4 rings (SSSR count). The zero-order valence-corrected chi connectivity index (χ0v) is 20.3. The van der Waals surface area contributed by atoms with Crippen molar-refractivity contribution in [1.82, 2.24) is 0 Å². The second kappa shape index (κ2) is 11.3. The highest BCUT2D eigenvalue weighted by Crippen LogP contribution is 2.35. The predicted molar refractivity (Wildman–Crippen MR) is 136 cm³/mol. The van der Waals surface area contributed by atoms with Gasteiger partial charge in [-0.3, -0.25) is 0 Å². The molecule has 0 spiro atoms. The highest BCUT2D eigenvalue weighted by molar-refractivity contribution is 5.89. The molecule has 1 aliphatic carbocycles. The Balaban J connectivity index is 1.41. The summed E-state index contributed by atoms with van der Waals surface area (Å²) in [5.41, 5.74) is 2.41. The van der Waals surface area contributed by atoms with Crippen LogP contribution in [0.4, 0.5) is 13.2 Å².